The molecule has 3 rings (SSSR count). The Morgan fingerprint density at radius 2 is 1.07 bits per heavy atom. The van der Waals surface area contributed by atoms with Gasteiger partial charge in [-0.2, -0.15) is 0 Å². The van der Waals surface area contributed by atoms with Gasteiger partial charge in [-0.25, -0.2) is 0 Å². The van der Waals surface area contributed by atoms with E-state index in [1.54, 1.807) is 18.2 Å². The second-order valence-corrected chi connectivity index (χ2v) is 7.30. The average molecular weight is 362 g/mol. The summed E-state index contributed by atoms with van der Waals surface area (Å²) in [5.41, 5.74) is 6.06. The highest BCUT2D eigenvalue weighted by atomic mass is 16.3. The van der Waals surface area contributed by atoms with Crippen LogP contribution in [0.2, 0.25) is 0 Å². The molecule has 0 amide bonds. The van der Waals surface area contributed by atoms with Gasteiger partial charge in [0, 0.05) is 5.92 Å². The summed E-state index contributed by atoms with van der Waals surface area (Å²) < 4.78 is 0. The summed E-state index contributed by atoms with van der Waals surface area (Å²) in [5.74, 6) is 1.07. The molecule has 0 aliphatic carbocycles. The van der Waals surface area contributed by atoms with Gasteiger partial charge in [-0.05, 0) is 85.2 Å². The molecule has 3 heteroatoms. The molecule has 0 saturated carbocycles. The molecule has 3 nitrogen and oxygen atoms in total. The molecule has 0 aliphatic heterocycles. The van der Waals surface area contributed by atoms with Crippen LogP contribution >= 0.6 is 0 Å². The van der Waals surface area contributed by atoms with Gasteiger partial charge in [-0.15, -0.1) is 0 Å². The summed E-state index contributed by atoms with van der Waals surface area (Å²) in [6.07, 6.45) is 1.75. The zero-order valence-electron chi connectivity index (χ0n) is 16.0. The van der Waals surface area contributed by atoms with E-state index >= 15 is 0 Å². The van der Waals surface area contributed by atoms with Gasteiger partial charge in [0.05, 0.1) is 0 Å². The third-order valence-electron chi connectivity index (χ3n) is 5.23. The van der Waals surface area contributed by atoms with Gasteiger partial charge in [0.25, 0.3) is 0 Å². The van der Waals surface area contributed by atoms with Crippen molar-refractivity contribution in [2.24, 2.45) is 0 Å². The van der Waals surface area contributed by atoms with Crippen molar-refractivity contribution in [1.82, 2.24) is 0 Å². The van der Waals surface area contributed by atoms with Crippen molar-refractivity contribution in [2.45, 2.75) is 39.5 Å². The SMILES string of the molecule is Cc1cc(CCC(c2ccc(O)c(C)c2)c2ccc(O)c(C)c2)ccc1O. The predicted octanol–water partition coefficient (Wildman–Crippen LogP) is 5.49. The molecule has 0 aliphatic rings. The van der Waals surface area contributed by atoms with Crippen molar-refractivity contribution in [3.8, 4) is 17.2 Å². The Labute approximate surface area is 160 Å². The van der Waals surface area contributed by atoms with E-state index in [2.05, 4.69) is 0 Å². The lowest BCUT2D eigenvalue weighted by molar-refractivity contribution is 0.470. The fourth-order valence-electron chi connectivity index (χ4n) is 3.50. The van der Waals surface area contributed by atoms with E-state index < -0.39 is 0 Å². The molecule has 3 aromatic carbocycles. The molecule has 0 heterocycles. The van der Waals surface area contributed by atoms with Crippen molar-refractivity contribution in [2.75, 3.05) is 0 Å². The molecular weight excluding hydrogens is 336 g/mol. The van der Waals surface area contributed by atoms with Gasteiger partial charge in [0.2, 0.25) is 0 Å². The van der Waals surface area contributed by atoms with Crippen LogP contribution in [0.5, 0.6) is 17.2 Å². The molecule has 0 unspecified atom stereocenters. The molecule has 0 atom stereocenters. The molecule has 0 radical (unpaired) electrons. The number of phenolic OH excluding ortho intramolecular Hbond substituents is 3. The Morgan fingerprint density at radius 3 is 1.52 bits per heavy atom. The maximum atomic E-state index is 9.88. The van der Waals surface area contributed by atoms with Crippen LogP contribution in [0.4, 0.5) is 0 Å². The Hall–Kier alpha value is -2.94. The third kappa shape index (κ3) is 4.25. The third-order valence-corrected chi connectivity index (χ3v) is 5.23. The minimum Gasteiger partial charge on any atom is -0.508 e. The normalized spacial score (nSPS) is 11.1. The lowest BCUT2D eigenvalue weighted by Crippen LogP contribution is -2.04. The minimum atomic E-state index is 0.151. The summed E-state index contributed by atoms with van der Waals surface area (Å²) in [4.78, 5) is 0. The molecule has 0 spiro atoms. The number of aromatic hydroxyl groups is 3. The van der Waals surface area contributed by atoms with Crippen molar-refractivity contribution in [3.05, 3.63) is 88.0 Å². The van der Waals surface area contributed by atoms with Crippen molar-refractivity contribution in [1.29, 1.82) is 0 Å². The van der Waals surface area contributed by atoms with Gasteiger partial charge in [0.15, 0.2) is 0 Å². The second kappa shape index (κ2) is 7.75. The second-order valence-electron chi connectivity index (χ2n) is 7.30. The van der Waals surface area contributed by atoms with E-state index in [4.69, 9.17) is 0 Å². The molecule has 27 heavy (non-hydrogen) atoms. The van der Waals surface area contributed by atoms with Crippen LogP contribution in [0.3, 0.4) is 0 Å². The van der Waals surface area contributed by atoms with Crippen molar-refractivity contribution >= 4 is 0 Å². The van der Waals surface area contributed by atoms with E-state index in [0.717, 1.165) is 40.7 Å². The molecule has 0 bridgehead atoms. The molecular formula is C24H26O3. The maximum absolute atomic E-state index is 9.88. The first kappa shape index (κ1) is 18.8. The molecule has 0 fully saturated rings. The van der Waals surface area contributed by atoms with E-state index in [0.29, 0.717) is 17.2 Å². The fraction of sp³-hybridized carbons (Fsp3) is 0.250. The Balaban J connectivity index is 1.94. The standard InChI is InChI=1S/C24H26O3/c1-15-12-18(5-9-22(15)25)4-8-21(19-6-10-23(26)16(2)13-19)20-7-11-24(27)17(3)14-20/h5-7,9-14,21,25-27H,4,8H2,1-3H3. The van der Waals surface area contributed by atoms with Gasteiger partial charge >= 0.3 is 0 Å². The van der Waals surface area contributed by atoms with E-state index in [-0.39, 0.29) is 5.92 Å². The van der Waals surface area contributed by atoms with E-state index in [1.807, 2.05) is 57.2 Å². The highest BCUT2D eigenvalue weighted by Crippen LogP contribution is 2.34. The summed E-state index contributed by atoms with van der Waals surface area (Å²) in [7, 11) is 0. The Kier molecular flexibility index (Phi) is 5.41. The number of hydrogen-bond acceptors (Lipinski definition) is 3. The summed E-state index contributed by atoms with van der Waals surface area (Å²) in [6.45, 7) is 5.71. The van der Waals surface area contributed by atoms with Crippen LogP contribution < -0.4 is 0 Å². The van der Waals surface area contributed by atoms with Crippen LogP contribution in [0.25, 0.3) is 0 Å². The lowest BCUT2D eigenvalue weighted by atomic mass is 9.85. The number of aryl methyl sites for hydroxylation is 4. The number of rotatable bonds is 5. The molecule has 0 aromatic heterocycles. The molecule has 0 saturated heterocycles. The Morgan fingerprint density at radius 1 is 0.630 bits per heavy atom. The van der Waals surface area contributed by atoms with E-state index in [1.165, 1.54) is 5.56 Å². The van der Waals surface area contributed by atoms with Crippen LogP contribution in [-0.4, -0.2) is 15.3 Å². The molecule has 140 valence electrons. The molecule has 3 N–H and O–H groups in total. The first-order valence-electron chi connectivity index (χ1n) is 9.22. The minimum absolute atomic E-state index is 0.151. The highest BCUT2D eigenvalue weighted by molar-refractivity contribution is 5.44. The zero-order valence-corrected chi connectivity index (χ0v) is 16.0. The molecule has 3 aromatic rings. The number of phenols is 3. The van der Waals surface area contributed by atoms with Crippen molar-refractivity contribution < 1.29 is 15.3 Å². The largest absolute Gasteiger partial charge is 0.508 e. The Bertz CT molecular complexity index is 908. The quantitative estimate of drug-likeness (QED) is 0.562. The summed E-state index contributed by atoms with van der Waals surface area (Å²) in [5, 5.41) is 29.5. The van der Waals surface area contributed by atoms with Gasteiger partial charge in [-0.3, -0.25) is 0 Å². The van der Waals surface area contributed by atoms with Crippen LogP contribution in [-0.2, 0) is 6.42 Å². The van der Waals surface area contributed by atoms with Crippen LogP contribution in [0.15, 0.2) is 54.6 Å². The van der Waals surface area contributed by atoms with E-state index in [9.17, 15) is 15.3 Å². The summed E-state index contributed by atoms with van der Waals surface area (Å²) in [6, 6.07) is 17.2. The highest BCUT2D eigenvalue weighted by Gasteiger charge is 2.17. The lowest BCUT2D eigenvalue weighted by Gasteiger charge is -2.20. The van der Waals surface area contributed by atoms with Gasteiger partial charge < -0.3 is 15.3 Å². The van der Waals surface area contributed by atoms with Gasteiger partial charge in [-0.1, -0.05) is 36.4 Å². The zero-order chi connectivity index (χ0) is 19.6. The van der Waals surface area contributed by atoms with Crippen LogP contribution in [0.1, 0.15) is 45.7 Å². The van der Waals surface area contributed by atoms with Crippen molar-refractivity contribution in [3.63, 3.8) is 0 Å². The van der Waals surface area contributed by atoms with Gasteiger partial charge in [0.1, 0.15) is 17.2 Å². The topological polar surface area (TPSA) is 60.7 Å². The first-order chi connectivity index (χ1) is 12.8. The maximum Gasteiger partial charge on any atom is 0.118 e. The number of hydrogen-bond donors (Lipinski definition) is 3. The average Bonchev–Trinajstić information content (AvgIpc) is 2.64. The fourth-order valence-corrected chi connectivity index (χ4v) is 3.50. The number of benzene rings is 3. The monoisotopic (exact) mass is 362 g/mol. The smallest absolute Gasteiger partial charge is 0.118 e. The predicted molar refractivity (Wildman–Crippen MR) is 109 cm³/mol. The summed E-state index contributed by atoms with van der Waals surface area (Å²) >= 11 is 0. The van der Waals surface area contributed by atoms with Crippen LogP contribution in [0, 0.1) is 20.8 Å². The first-order valence-corrected chi connectivity index (χ1v) is 9.22.